The van der Waals surface area contributed by atoms with Gasteiger partial charge in [0.2, 0.25) is 11.8 Å². The third kappa shape index (κ3) is 8.76. The van der Waals surface area contributed by atoms with Crippen LogP contribution >= 0.6 is 34.9 Å². The van der Waals surface area contributed by atoms with Gasteiger partial charge in [-0.05, 0) is 59.4 Å². The first-order valence-corrected chi connectivity index (χ1v) is 20.3. The molecule has 1 atom stereocenters. The van der Waals surface area contributed by atoms with Gasteiger partial charge in [-0.3, -0.25) is 14.2 Å². The van der Waals surface area contributed by atoms with E-state index in [4.69, 9.17) is 4.98 Å². The number of benzene rings is 5. The summed E-state index contributed by atoms with van der Waals surface area (Å²) < 4.78 is 3.72. The van der Waals surface area contributed by atoms with Crippen LogP contribution in [0.2, 0.25) is 0 Å². The molecule has 0 saturated carbocycles. The van der Waals surface area contributed by atoms with Gasteiger partial charge >= 0.3 is 0 Å². The van der Waals surface area contributed by atoms with Crippen molar-refractivity contribution in [2.24, 2.45) is 0 Å². The summed E-state index contributed by atoms with van der Waals surface area (Å²) >= 11 is 4.26. The van der Waals surface area contributed by atoms with Crippen molar-refractivity contribution in [3.05, 3.63) is 150 Å². The van der Waals surface area contributed by atoms with Crippen LogP contribution in [0.25, 0.3) is 27.3 Å². The highest BCUT2D eigenvalue weighted by Crippen LogP contribution is 2.34. The van der Waals surface area contributed by atoms with E-state index in [2.05, 4.69) is 65.9 Å². The van der Waals surface area contributed by atoms with Gasteiger partial charge in [-0.15, -0.1) is 21.5 Å². The predicted octanol–water partition coefficient (Wildman–Crippen LogP) is 9.96. The Morgan fingerprint density at radius 2 is 1.43 bits per heavy atom. The first kappa shape index (κ1) is 37.1. The zero-order valence-electron chi connectivity index (χ0n) is 30.4. The number of carbonyl (C=O) groups excluding carboxylic acids is 2. The number of rotatable bonds is 12. The van der Waals surface area contributed by atoms with Crippen molar-refractivity contribution in [3.63, 3.8) is 0 Å². The average molecular weight is 769 g/mol. The summed E-state index contributed by atoms with van der Waals surface area (Å²) in [4.78, 5) is 31.4. The third-order valence-corrected chi connectivity index (χ3v) is 12.0. The maximum atomic E-state index is 13.5. The number of para-hydroxylation sites is 1. The third-order valence-electron chi connectivity index (χ3n) is 8.84. The summed E-state index contributed by atoms with van der Waals surface area (Å²) in [6.45, 7) is 8.45. The zero-order chi connectivity index (χ0) is 37.7. The zero-order valence-corrected chi connectivity index (χ0v) is 32.8. The van der Waals surface area contributed by atoms with E-state index >= 15 is 0 Å². The van der Waals surface area contributed by atoms with Gasteiger partial charge in [0.25, 0.3) is 0 Å². The average Bonchev–Trinajstić information content (AvgIpc) is 3.80. The van der Waals surface area contributed by atoms with Crippen LogP contribution in [0.5, 0.6) is 0 Å². The fourth-order valence-electron chi connectivity index (χ4n) is 5.94. The van der Waals surface area contributed by atoms with Crippen molar-refractivity contribution in [1.29, 1.82) is 0 Å². The summed E-state index contributed by atoms with van der Waals surface area (Å²) in [5, 5.41) is 15.6. The van der Waals surface area contributed by atoms with Crippen LogP contribution in [-0.4, -0.2) is 42.6 Å². The van der Waals surface area contributed by atoms with Crippen LogP contribution in [-0.2, 0) is 15.0 Å². The van der Waals surface area contributed by atoms with Crippen molar-refractivity contribution in [1.82, 2.24) is 25.1 Å². The van der Waals surface area contributed by atoms with Gasteiger partial charge in [-0.2, -0.15) is 0 Å². The van der Waals surface area contributed by atoms with E-state index in [1.807, 2.05) is 121 Å². The smallest absolute Gasteiger partial charge is 0.237 e. The van der Waals surface area contributed by atoms with Crippen molar-refractivity contribution in [2.75, 3.05) is 11.1 Å². The standard InChI is InChI=1S/C43H40N6O2S3/c1-28(53-41-48-47-39(49(41)34-18-12-7-13-19-34)31-20-22-32(23-21-31)43(2,3)4)40(51)44-33-24-25-35-36(26-33)54-42(45-35)52-27-37(50)46-38(29-14-8-5-9-15-29)30-16-10-6-11-17-30/h5-26,28,38H,27H2,1-4H3,(H,44,51)(H,46,50)/t28-/m1/s1. The first-order chi connectivity index (χ1) is 26.1. The Morgan fingerprint density at radius 1 is 0.796 bits per heavy atom. The van der Waals surface area contributed by atoms with E-state index in [0.717, 1.165) is 36.9 Å². The summed E-state index contributed by atoms with van der Waals surface area (Å²) in [6.07, 6.45) is 0. The second-order valence-corrected chi connectivity index (χ2v) is 17.4. The molecule has 2 heterocycles. The topological polar surface area (TPSA) is 102 Å². The van der Waals surface area contributed by atoms with Gasteiger partial charge in [-0.1, -0.05) is 147 Å². The predicted molar refractivity (Wildman–Crippen MR) is 223 cm³/mol. The number of hydrogen-bond acceptors (Lipinski definition) is 8. The lowest BCUT2D eigenvalue weighted by molar-refractivity contribution is -0.119. The van der Waals surface area contributed by atoms with Gasteiger partial charge in [0.1, 0.15) is 0 Å². The number of amides is 2. The summed E-state index contributed by atoms with van der Waals surface area (Å²) in [5.74, 6) is 0.710. The minimum atomic E-state index is -0.467. The van der Waals surface area contributed by atoms with E-state index in [1.165, 1.54) is 40.4 Å². The molecule has 0 spiro atoms. The molecule has 7 rings (SSSR count). The molecule has 2 amide bonds. The number of nitrogens with zero attached hydrogens (tertiary/aromatic N) is 4. The molecular weight excluding hydrogens is 729 g/mol. The van der Waals surface area contributed by atoms with E-state index in [1.54, 1.807) is 0 Å². The molecule has 0 bridgehead atoms. The van der Waals surface area contributed by atoms with Crippen LogP contribution in [0.1, 0.15) is 50.4 Å². The molecular formula is C43H40N6O2S3. The number of anilines is 1. The molecule has 0 fully saturated rings. The lowest BCUT2D eigenvalue weighted by atomic mass is 9.87. The fourth-order valence-corrected chi connectivity index (χ4v) is 8.73. The minimum absolute atomic E-state index is 0.0372. The highest BCUT2D eigenvalue weighted by Gasteiger charge is 2.23. The summed E-state index contributed by atoms with van der Waals surface area (Å²) in [5.41, 5.74) is 6.68. The molecule has 272 valence electrons. The molecule has 0 saturated heterocycles. The molecule has 7 aromatic rings. The number of hydrogen-bond donors (Lipinski definition) is 2. The number of thiazole rings is 1. The van der Waals surface area contributed by atoms with Crippen molar-refractivity contribution in [3.8, 4) is 17.1 Å². The molecule has 2 N–H and O–H groups in total. The quantitative estimate of drug-likeness (QED) is 0.119. The highest BCUT2D eigenvalue weighted by atomic mass is 32.2. The molecule has 0 aliphatic rings. The maximum Gasteiger partial charge on any atom is 0.237 e. The molecule has 0 aliphatic carbocycles. The van der Waals surface area contributed by atoms with E-state index < -0.39 is 5.25 Å². The second-order valence-electron chi connectivity index (χ2n) is 13.8. The summed E-state index contributed by atoms with van der Waals surface area (Å²) in [6, 6.07) is 43.8. The van der Waals surface area contributed by atoms with Crippen LogP contribution in [0.4, 0.5) is 5.69 Å². The largest absolute Gasteiger partial charge is 0.344 e. The normalized spacial score (nSPS) is 12.2. The molecule has 54 heavy (non-hydrogen) atoms. The molecule has 11 heteroatoms. The van der Waals surface area contributed by atoms with Crippen LogP contribution < -0.4 is 10.6 Å². The monoisotopic (exact) mass is 768 g/mol. The van der Waals surface area contributed by atoms with Gasteiger partial charge in [0.15, 0.2) is 15.3 Å². The molecule has 0 unspecified atom stereocenters. The van der Waals surface area contributed by atoms with Gasteiger partial charge in [0, 0.05) is 16.9 Å². The Morgan fingerprint density at radius 3 is 2.06 bits per heavy atom. The Hall–Kier alpha value is -5.23. The lowest BCUT2D eigenvalue weighted by Crippen LogP contribution is -2.30. The second kappa shape index (κ2) is 16.4. The fraction of sp³-hybridized carbons (Fsp3) is 0.186. The SMILES string of the molecule is C[C@@H](Sc1nnc(-c2ccc(C(C)(C)C)cc2)n1-c1ccccc1)C(=O)Nc1ccc2nc(SCC(=O)NC(c3ccccc3)c3ccccc3)sc2c1. The maximum absolute atomic E-state index is 13.5. The molecule has 0 aliphatic heterocycles. The number of thioether (sulfide) groups is 2. The number of carbonyl (C=O) groups is 2. The number of aromatic nitrogens is 4. The molecule has 2 aromatic heterocycles. The Labute approximate surface area is 327 Å². The van der Waals surface area contributed by atoms with Crippen molar-refractivity contribution in [2.45, 2.75) is 53.9 Å². The van der Waals surface area contributed by atoms with Gasteiger partial charge in [-0.25, -0.2) is 4.98 Å². The molecule has 0 radical (unpaired) electrons. The van der Waals surface area contributed by atoms with Crippen LogP contribution in [0, 0.1) is 0 Å². The van der Waals surface area contributed by atoms with E-state index in [0.29, 0.717) is 16.7 Å². The number of fused-ring (bicyclic) bond motifs is 1. The van der Waals surface area contributed by atoms with Crippen LogP contribution in [0.15, 0.2) is 143 Å². The lowest BCUT2D eigenvalue weighted by Gasteiger charge is -2.19. The van der Waals surface area contributed by atoms with Crippen molar-refractivity contribution < 1.29 is 9.59 Å². The van der Waals surface area contributed by atoms with Gasteiger partial charge < -0.3 is 10.6 Å². The van der Waals surface area contributed by atoms with Crippen molar-refractivity contribution >= 4 is 62.6 Å². The van der Waals surface area contributed by atoms with E-state index in [9.17, 15) is 9.59 Å². The summed E-state index contributed by atoms with van der Waals surface area (Å²) in [7, 11) is 0. The Kier molecular flexibility index (Phi) is 11.3. The Bertz CT molecular complexity index is 2320. The molecule has 5 aromatic carbocycles. The van der Waals surface area contributed by atoms with Gasteiger partial charge in [0.05, 0.1) is 27.3 Å². The van der Waals surface area contributed by atoms with Crippen LogP contribution in [0.3, 0.4) is 0 Å². The molecule has 8 nitrogen and oxygen atoms in total. The minimum Gasteiger partial charge on any atom is -0.344 e. The Balaban J connectivity index is 1.01. The number of nitrogens with one attached hydrogen (secondary N) is 2. The first-order valence-electron chi connectivity index (χ1n) is 17.6. The highest BCUT2D eigenvalue weighted by molar-refractivity contribution is 8.01. The van der Waals surface area contributed by atoms with E-state index in [-0.39, 0.29) is 29.0 Å².